The Bertz CT molecular complexity index is 1990. The molecular formula is C38H40F2N4O5. The van der Waals surface area contributed by atoms with E-state index >= 15 is 0 Å². The molecule has 1 fully saturated rings. The number of hydrogen-bond donors (Lipinski definition) is 0. The van der Waals surface area contributed by atoms with Gasteiger partial charge in [-0.05, 0) is 56.1 Å². The van der Waals surface area contributed by atoms with Crippen LogP contribution in [0.15, 0.2) is 53.3 Å². The standard InChI is InChI=1S/C38H40F2N4O5/c1-3-38(49-35(46)11-13-43-14-16-48-17-15-43)29-20-33-36-28(23-44(33)37(47)27(29)19-34(38)45)25(26-18-30(39)31(40)21-32(26)41-36)10-7-12-42(2)22-24-8-5-4-6-9-24/h4-6,8-9,18,20-21H,3,7,10-17,19,22-23H2,1-2H3. The molecule has 2 aliphatic heterocycles. The lowest BCUT2D eigenvalue weighted by Crippen LogP contribution is -2.40. The minimum Gasteiger partial charge on any atom is -0.446 e. The number of Topliss-reactive ketones (excluding diaryl/α,β-unsaturated/α-hetero) is 1. The highest BCUT2D eigenvalue weighted by atomic mass is 19.2. The summed E-state index contributed by atoms with van der Waals surface area (Å²) in [5.74, 6) is -2.78. The minimum absolute atomic E-state index is 0.108. The molecule has 9 nitrogen and oxygen atoms in total. The Labute approximate surface area is 283 Å². The van der Waals surface area contributed by atoms with E-state index in [1.807, 2.05) is 25.2 Å². The van der Waals surface area contributed by atoms with Gasteiger partial charge in [0.2, 0.25) is 0 Å². The number of carbonyl (C=O) groups is 2. The predicted octanol–water partition coefficient (Wildman–Crippen LogP) is 4.76. The third-order valence-electron chi connectivity index (χ3n) is 10.2. The van der Waals surface area contributed by atoms with E-state index < -0.39 is 23.2 Å². The molecule has 0 spiro atoms. The van der Waals surface area contributed by atoms with Gasteiger partial charge in [-0.2, -0.15) is 0 Å². The summed E-state index contributed by atoms with van der Waals surface area (Å²) >= 11 is 0. The summed E-state index contributed by atoms with van der Waals surface area (Å²) in [5, 5.41) is 0.518. The number of benzene rings is 2. The summed E-state index contributed by atoms with van der Waals surface area (Å²) in [6.45, 7) is 6.65. The van der Waals surface area contributed by atoms with Crippen LogP contribution in [0.5, 0.6) is 0 Å². The van der Waals surface area contributed by atoms with E-state index in [9.17, 15) is 23.2 Å². The molecule has 3 aliphatic rings. The highest BCUT2D eigenvalue weighted by Crippen LogP contribution is 2.44. The molecule has 0 N–H and O–H groups in total. The molecule has 1 aliphatic carbocycles. The number of fused-ring (bicyclic) bond motifs is 5. The first kappa shape index (κ1) is 33.2. The van der Waals surface area contributed by atoms with E-state index in [-0.39, 0.29) is 37.1 Å². The molecule has 1 saturated heterocycles. The van der Waals surface area contributed by atoms with Crippen LogP contribution in [0.3, 0.4) is 0 Å². The third-order valence-corrected chi connectivity index (χ3v) is 10.2. The average molecular weight is 671 g/mol. The molecule has 7 rings (SSSR count). The van der Waals surface area contributed by atoms with E-state index in [1.165, 1.54) is 11.6 Å². The molecule has 1 atom stereocenters. The number of rotatable bonds is 11. The van der Waals surface area contributed by atoms with E-state index in [4.69, 9.17) is 14.5 Å². The third kappa shape index (κ3) is 6.19. The van der Waals surface area contributed by atoms with Crippen LogP contribution in [0, 0.1) is 11.6 Å². The molecule has 256 valence electrons. The molecule has 2 aromatic heterocycles. The first-order valence-corrected chi connectivity index (χ1v) is 17.0. The van der Waals surface area contributed by atoms with Crippen LogP contribution in [0.25, 0.3) is 22.3 Å². The Kier molecular flexibility index (Phi) is 9.17. The largest absolute Gasteiger partial charge is 0.446 e. The smallest absolute Gasteiger partial charge is 0.308 e. The fourth-order valence-corrected chi connectivity index (χ4v) is 7.61. The molecule has 11 heteroatoms. The van der Waals surface area contributed by atoms with Crippen molar-refractivity contribution >= 4 is 22.7 Å². The zero-order valence-corrected chi connectivity index (χ0v) is 27.9. The highest BCUT2D eigenvalue weighted by Gasteiger charge is 2.50. The molecule has 0 bridgehead atoms. The average Bonchev–Trinajstić information content (AvgIpc) is 3.60. The van der Waals surface area contributed by atoms with Gasteiger partial charge in [0, 0.05) is 60.7 Å². The molecule has 49 heavy (non-hydrogen) atoms. The number of ketones is 1. The van der Waals surface area contributed by atoms with Gasteiger partial charge in [0.05, 0.1) is 43.1 Å². The van der Waals surface area contributed by atoms with Crippen molar-refractivity contribution in [3.63, 3.8) is 0 Å². The summed E-state index contributed by atoms with van der Waals surface area (Å²) in [6, 6.07) is 14.2. The number of morpholine rings is 1. The Morgan fingerprint density at radius 1 is 1.06 bits per heavy atom. The second-order valence-electron chi connectivity index (χ2n) is 13.3. The lowest BCUT2D eigenvalue weighted by molar-refractivity contribution is -0.168. The summed E-state index contributed by atoms with van der Waals surface area (Å²) in [6.07, 6.45) is 1.45. The van der Waals surface area contributed by atoms with E-state index in [0.29, 0.717) is 59.6 Å². The summed E-state index contributed by atoms with van der Waals surface area (Å²) in [5.41, 5.74) is 2.85. The fourth-order valence-electron chi connectivity index (χ4n) is 7.61. The Hall–Kier alpha value is -4.32. The maximum absolute atomic E-state index is 14.6. The zero-order valence-electron chi connectivity index (χ0n) is 27.9. The number of pyridine rings is 2. The Morgan fingerprint density at radius 3 is 2.57 bits per heavy atom. The van der Waals surface area contributed by atoms with E-state index in [0.717, 1.165) is 49.8 Å². The maximum Gasteiger partial charge on any atom is 0.308 e. The van der Waals surface area contributed by atoms with Crippen LogP contribution in [0.4, 0.5) is 8.78 Å². The van der Waals surface area contributed by atoms with Gasteiger partial charge in [-0.1, -0.05) is 37.3 Å². The van der Waals surface area contributed by atoms with Crippen LogP contribution in [-0.4, -0.2) is 77.5 Å². The van der Waals surface area contributed by atoms with Crippen molar-refractivity contribution < 1.29 is 27.8 Å². The predicted molar refractivity (Wildman–Crippen MR) is 180 cm³/mol. The van der Waals surface area contributed by atoms with Gasteiger partial charge in [-0.25, -0.2) is 13.8 Å². The SMILES string of the molecule is CCC1(OC(=O)CCN2CCOCC2)C(=O)Cc2c1cc1n(c2=O)Cc2c-1nc1cc(F)c(F)cc1c2CCCN(C)Cc1ccccc1. The van der Waals surface area contributed by atoms with Crippen LogP contribution in [0.1, 0.15) is 54.0 Å². The van der Waals surface area contributed by atoms with Crippen molar-refractivity contribution in [1.29, 1.82) is 0 Å². The first-order chi connectivity index (χ1) is 23.7. The second kappa shape index (κ2) is 13.5. The van der Waals surface area contributed by atoms with Crippen LogP contribution in [0.2, 0.25) is 0 Å². The van der Waals surface area contributed by atoms with Crippen molar-refractivity contribution in [2.24, 2.45) is 0 Å². The van der Waals surface area contributed by atoms with Gasteiger partial charge in [0.25, 0.3) is 5.56 Å². The number of halogens is 2. The molecule has 0 radical (unpaired) electrons. The number of aryl methyl sites for hydroxylation is 1. The maximum atomic E-state index is 14.6. The number of hydrogen-bond acceptors (Lipinski definition) is 8. The molecule has 0 saturated carbocycles. The number of esters is 1. The van der Waals surface area contributed by atoms with Crippen LogP contribution >= 0.6 is 0 Å². The van der Waals surface area contributed by atoms with Crippen LogP contribution < -0.4 is 5.56 Å². The number of aromatic nitrogens is 2. The molecule has 4 aromatic rings. The van der Waals surface area contributed by atoms with Crippen molar-refractivity contribution in [1.82, 2.24) is 19.4 Å². The Morgan fingerprint density at radius 2 is 1.82 bits per heavy atom. The van der Waals surface area contributed by atoms with E-state index in [1.54, 1.807) is 17.6 Å². The van der Waals surface area contributed by atoms with Gasteiger partial charge in [-0.3, -0.25) is 19.3 Å². The fraction of sp³-hybridized carbons (Fsp3) is 0.421. The summed E-state index contributed by atoms with van der Waals surface area (Å²) in [7, 11) is 2.05. The van der Waals surface area contributed by atoms with Crippen molar-refractivity contribution in [2.75, 3.05) is 46.4 Å². The molecular weight excluding hydrogens is 630 g/mol. The number of carbonyl (C=O) groups excluding carboxylic acids is 2. The lowest BCUT2D eigenvalue weighted by Gasteiger charge is -2.29. The second-order valence-corrected chi connectivity index (χ2v) is 13.3. The van der Waals surface area contributed by atoms with Gasteiger partial charge < -0.3 is 18.9 Å². The topological polar surface area (TPSA) is 94.0 Å². The Balaban J connectivity index is 1.21. The molecule has 4 heterocycles. The van der Waals surface area contributed by atoms with Crippen LogP contribution in [-0.2, 0) is 50.6 Å². The first-order valence-electron chi connectivity index (χ1n) is 17.0. The molecule has 0 amide bonds. The monoisotopic (exact) mass is 670 g/mol. The van der Waals surface area contributed by atoms with Gasteiger partial charge in [0.1, 0.15) is 0 Å². The minimum atomic E-state index is -1.58. The summed E-state index contributed by atoms with van der Waals surface area (Å²) in [4.78, 5) is 50.0. The van der Waals surface area contributed by atoms with Gasteiger partial charge >= 0.3 is 5.97 Å². The summed E-state index contributed by atoms with van der Waals surface area (Å²) < 4.78 is 42.2. The lowest BCUT2D eigenvalue weighted by atomic mass is 9.91. The molecule has 2 aromatic carbocycles. The highest BCUT2D eigenvalue weighted by molar-refractivity contribution is 5.97. The number of nitrogens with zero attached hydrogens (tertiary/aromatic N) is 4. The normalized spacial score (nSPS) is 18.6. The molecule has 1 unspecified atom stereocenters. The quantitative estimate of drug-likeness (QED) is 0.186. The van der Waals surface area contributed by atoms with Gasteiger partial charge in [0.15, 0.2) is 23.0 Å². The van der Waals surface area contributed by atoms with Gasteiger partial charge in [-0.15, -0.1) is 0 Å². The van der Waals surface area contributed by atoms with Crippen molar-refractivity contribution in [3.05, 3.63) is 98.3 Å². The van der Waals surface area contributed by atoms with Crippen molar-refractivity contribution in [2.45, 2.75) is 57.7 Å². The zero-order chi connectivity index (χ0) is 34.3. The van der Waals surface area contributed by atoms with E-state index in [2.05, 4.69) is 21.9 Å². The number of ether oxygens (including phenoxy) is 2. The van der Waals surface area contributed by atoms with Crippen molar-refractivity contribution in [3.8, 4) is 11.4 Å².